The van der Waals surface area contributed by atoms with Gasteiger partial charge >= 0.3 is 0 Å². The Kier molecular flexibility index (Phi) is 9.99. The van der Waals surface area contributed by atoms with Crippen molar-refractivity contribution in [2.45, 2.75) is 39.7 Å². The number of methoxy groups -OCH3 is 1. The lowest BCUT2D eigenvalue weighted by Gasteiger charge is -2.30. The molecule has 0 saturated heterocycles. The summed E-state index contributed by atoms with van der Waals surface area (Å²) in [5, 5.41) is 3.49. The first kappa shape index (κ1) is 15.9. The molecular weight excluding hydrogens is 200 g/mol. The monoisotopic (exact) mass is 230 g/mol. The van der Waals surface area contributed by atoms with Gasteiger partial charge in [-0.2, -0.15) is 0 Å². The Morgan fingerprint density at radius 1 is 1.31 bits per heavy atom. The summed E-state index contributed by atoms with van der Waals surface area (Å²) in [6.45, 7) is 11.1. The van der Waals surface area contributed by atoms with Gasteiger partial charge in [0.2, 0.25) is 0 Å². The van der Waals surface area contributed by atoms with Crippen LogP contribution < -0.4 is 5.32 Å². The van der Waals surface area contributed by atoms with Crippen LogP contribution in [0.25, 0.3) is 0 Å². The zero-order chi connectivity index (χ0) is 12.4. The topological polar surface area (TPSA) is 24.5 Å². The maximum Gasteiger partial charge on any atom is 0.0474 e. The van der Waals surface area contributed by atoms with E-state index in [-0.39, 0.29) is 0 Å². The van der Waals surface area contributed by atoms with Crippen LogP contribution in [0.15, 0.2) is 0 Å². The highest BCUT2D eigenvalue weighted by molar-refractivity contribution is 4.72. The molecule has 3 nitrogen and oxygen atoms in total. The lowest BCUT2D eigenvalue weighted by Crippen LogP contribution is -2.39. The van der Waals surface area contributed by atoms with Crippen LogP contribution in [0.3, 0.4) is 0 Å². The molecule has 3 heteroatoms. The van der Waals surface area contributed by atoms with Crippen molar-refractivity contribution in [2.75, 3.05) is 40.4 Å². The van der Waals surface area contributed by atoms with Gasteiger partial charge in [0.1, 0.15) is 0 Å². The average molecular weight is 230 g/mol. The molecule has 0 aromatic rings. The minimum atomic E-state index is 0.626. The third-order valence-electron chi connectivity index (χ3n) is 3.27. The van der Waals surface area contributed by atoms with Crippen molar-refractivity contribution >= 4 is 0 Å². The Labute approximate surface area is 102 Å². The molecule has 0 bridgehead atoms. The molecule has 0 aliphatic carbocycles. The second-order valence-corrected chi connectivity index (χ2v) is 4.75. The first-order chi connectivity index (χ1) is 7.63. The summed E-state index contributed by atoms with van der Waals surface area (Å²) in [5.74, 6) is 0.694. The van der Waals surface area contributed by atoms with Crippen LogP contribution in [0, 0.1) is 5.92 Å². The summed E-state index contributed by atoms with van der Waals surface area (Å²) in [7, 11) is 3.97. The lowest BCUT2D eigenvalue weighted by molar-refractivity contribution is 0.151. The molecule has 16 heavy (non-hydrogen) atoms. The molecule has 0 amide bonds. The highest BCUT2D eigenvalue weighted by Gasteiger charge is 2.15. The van der Waals surface area contributed by atoms with E-state index in [0.29, 0.717) is 12.0 Å². The van der Waals surface area contributed by atoms with Crippen molar-refractivity contribution in [3.63, 3.8) is 0 Å². The molecular formula is C13H30N2O. The van der Waals surface area contributed by atoms with Gasteiger partial charge in [-0.05, 0) is 45.8 Å². The Morgan fingerprint density at radius 2 is 2.00 bits per heavy atom. The van der Waals surface area contributed by atoms with Crippen LogP contribution in [-0.4, -0.2) is 51.3 Å². The minimum absolute atomic E-state index is 0.626. The van der Waals surface area contributed by atoms with Crippen LogP contribution in [0.1, 0.15) is 33.6 Å². The first-order valence-corrected chi connectivity index (χ1v) is 6.53. The SMILES string of the molecule is CCCNCC(C)C(C)N(C)CCCOC. The highest BCUT2D eigenvalue weighted by Crippen LogP contribution is 2.08. The van der Waals surface area contributed by atoms with Crippen molar-refractivity contribution in [3.8, 4) is 0 Å². The number of hydrogen-bond acceptors (Lipinski definition) is 3. The van der Waals surface area contributed by atoms with Gasteiger partial charge in [0, 0.05) is 26.3 Å². The van der Waals surface area contributed by atoms with E-state index in [0.717, 1.165) is 32.7 Å². The van der Waals surface area contributed by atoms with Crippen molar-refractivity contribution < 1.29 is 4.74 Å². The maximum absolute atomic E-state index is 5.07. The zero-order valence-corrected chi connectivity index (χ0v) is 11.8. The van der Waals surface area contributed by atoms with Crippen molar-refractivity contribution in [1.29, 1.82) is 0 Å². The molecule has 1 N–H and O–H groups in total. The van der Waals surface area contributed by atoms with Gasteiger partial charge < -0.3 is 15.0 Å². The fourth-order valence-corrected chi connectivity index (χ4v) is 1.77. The molecule has 0 saturated carbocycles. The van der Waals surface area contributed by atoms with Crippen LogP contribution in [0.5, 0.6) is 0 Å². The minimum Gasteiger partial charge on any atom is -0.385 e. The van der Waals surface area contributed by atoms with Gasteiger partial charge in [-0.25, -0.2) is 0 Å². The predicted molar refractivity (Wildman–Crippen MR) is 70.9 cm³/mol. The molecule has 0 rings (SSSR count). The molecule has 0 aromatic carbocycles. The number of nitrogens with zero attached hydrogens (tertiary/aromatic N) is 1. The van der Waals surface area contributed by atoms with E-state index < -0.39 is 0 Å². The second-order valence-electron chi connectivity index (χ2n) is 4.75. The summed E-state index contributed by atoms with van der Waals surface area (Å²) in [5.41, 5.74) is 0. The molecule has 0 radical (unpaired) electrons. The Hall–Kier alpha value is -0.120. The Balaban J connectivity index is 3.68. The van der Waals surface area contributed by atoms with Crippen molar-refractivity contribution in [1.82, 2.24) is 10.2 Å². The van der Waals surface area contributed by atoms with E-state index in [1.807, 2.05) is 0 Å². The molecule has 0 heterocycles. The molecule has 0 aromatic heterocycles. The summed E-state index contributed by atoms with van der Waals surface area (Å²) in [4.78, 5) is 2.43. The summed E-state index contributed by atoms with van der Waals surface area (Å²) in [6, 6.07) is 0.626. The normalized spacial score (nSPS) is 15.4. The molecule has 0 spiro atoms. The van der Waals surface area contributed by atoms with Crippen molar-refractivity contribution in [3.05, 3.63) is 0 Å². The predicted octanol–water partition coefficient (Wildman–Crippen LogP) is 1.98. The van der Waals surface area contributed by atoms with Gasteiger partial charge in [-0.15, -0.1) is 0 Å². The first-order valence-electron chi connectivity index (χ1n) is 6.53. The third kappa shape index (κ3) is 7.20. The number of nitrogens with one attached hydrogen (secondary N) is 1. The summed E-state index contributed by atoms with van der Waals surface area (Å²) in [6.07, 6.45) is 2.33. The van der Waals surface area contributed by atoms with E-state index in [9.17, 15) is 0 Å². The van der Waals surface area contributed by atoms with Crippen LogP contribution in [-0.2, 0) is 4.74 Å². The van der Waals surface area contributed by atoms with Gasteiger partial charge in [0.05, 0.1) is 0 Å². The van der Waals surface area contributed by atoms with E-state index >= 15 is 0 Å². The fraction of sp³-hybridized carbons (Fsp3) is 1.00. The zero-order valence-electron chi connectivity index (χ0n) is 11.8. The van der Waals surface area contributed by atoms with Gasteiger partial charge in [0.25, 0.3) is 0 Å². The summed E-state index contributed by atoms with van der Waals surface area (Å²) >= 11 is 0. The number of rotatable bonds is 10. The smallest absolute Gasteiger partial charge is 0.0474 e. The number of ether oxygens (including phenoxy) is 1. The van der Waals surface area contributed by atoms with E-state index in [1.165, 1.54) is 6.42 Å². The van der Waals surface area contributed by atoms with Crippen LogP contribution >= 0.6 is 0 Å². The third-order valence-corrected chi connectivity index (χ3v) is 3.27. The van der Waals surface area contributed by atoms with Crippen LogP contribution in [0.4, 0.5) is 0 Å². The van der Waals surface area contributed by atoms with Gasteiger partial charge in [-0.1, -0.05) is 13.8 Å². The van der Waals surface area contributed by atoms with Gasteiger partial charge in [0.15, 0.2) is 0 Å². The highest BCUT2D eigenvalue weighted by atomic mass is 16.5. The quantitative estimate of drug-likeness (QED) is 0.581. The molecule has 0 aliphatic rings. The Bertz CT molecular complexity index is 137. The van der Waals surface area contributed by atoms with Crippen LogP contribution in [0.2, 0.25) is 0 Å². The molecule has 2 unspecified atom stereocenters. The fourth-order valence-electron chi connectivity index (χ4n) is 1.77. The van der Waals surface area contributed by atoms with E-state index in [1.54, 1.807) is 7.11 Å². The summed E-state index contributed by atoms with van der Waals surface area (Å²) < 4.78 is 5.07. The maximum atomic E-state index is 5.07. The second kappa shape index (κ2) is 10.1. The lowest BCUT2D eigenvalue weighted by atomic mass is 10.0. The Morgan fingerprint density at radius 3 is 2.56 bits per heavy atom. The van der Waals surface area contributed by atoms with E-state index in [2.05, 4.69) is 38.0 Å². The molecule has 0 aliphatic heterocycles. The molecule has 98 valence electrons. The molecule has 2 atom stereocenters. The standard InChI is InChI=1S/C13H30N2O/c1-6-8-14-11-12(2)13(3)15(4)9-7-10-16-5/h12-14H,6-11H2,1-5H3. The molecule has 0 fully saturated rings. The number of hydrogen-bond donors (Lipinski definition) is 1. The van der Waals surface area contributed by atoms with E-state index in [4.69, 9.17) is 4.74 Å². The average Bonchev–Trinajstić information content (AvgIpc) is 2.28. The van der Waals surface area contributed by atoms with Crippen molar-refractivity contribution in [2.24, 2.45) is 5.92 Å². The van der Waals surface area contributed by atoms with Gasteiger partial charge in [-0.3, -0.25) is 0 Å². The largest absolute Gasteiger partial charge is 0.385 e.